The second kappa shape index (κ2) is 6.45. The molecule has 0 aliphatic carbocycles. The molecular weight excluding hydrogens is 308 g/mol. The van der Waals surface area contributed by atoms with Crippen LogP contribution < -0.4 is 19.9 Å². The number of benzene rings is 2. The zero-order valence-corrected chi connectivity index (χ0v) is 13.3. The Morgan fingerprint density at radius 3 is 2.42 bits per heavy atom. The fourth-order valence-electron chi connectivity index (χ4n) is 2.42. The Hall–Kier alpha value is -3.28. The molecule has 1 N–H and O–H groups in total. The van der Waals surface area contributed by atoms with E-state index in [2.05, 4.69) is 5.43 Å². The normalized spacial score (nSPS) is 15.6. The molecular formula is C18H16N2O4. The average Bonchev–Trinajstić information content (AvgIpc) is 2.90. The highest BCUT2D eigenvalue weighted by atomic mass is 16.5. The molecule has 3 rings (SSSR count). The minimum Gasteiger partial charge on any atom is -0.497 e. The van der Waals surface area contributed by atoms with Gasteiger partial charge in [-0.25, -0.2) is 5.01 Å². The summed E-state index contributed by atoms with van der Waals surface area (Å²) in [7, 11) is 3.07. The van der Waals surface area contributed by atoms with Crippen LogP contribution in [0.5, 0.6) is 11.5 Å². The van der Waals surface area contributed by atoms with Crippen molar-refractivity contribution < 1.29 is 19.1 Å². The third-order valence-electron chi connectivity index (χ3n) is 3.64. The second-order valence-corrected chi connectivity index (χ2v) is 5.08. The van der Waals surface area contributed by atoms with Crippen LogP contribution in [-0.2, 0) is 9.59 Å². The van der Waals surface area contributed by atoms with Crippen LogP contribution in [0.15, 0.2) is 54.1 Å². The summed E-state index contributed by atoms with van der Waals surface area (Å²) in [5.41, 5.74) is 3.78. The molecule has 1 fully saturated rings. The smallest absolute Gasteiger partial charge is 0.282 e. The van der Waals surface area contributed by atoms with E-state index in [1.54, 1.807) is 49.6 Å². The molecule has 1 saturated heterocycles. The highest BCUT2D eigenvalue weighted by molar-refractivity contribution is 6.31. The third kappa shape index (κ3) is 2.81. The Labute approximate surface area is 139 Å². The van der Waals surface area contributed by atoms with Gasteiger partial charge in [-0.2, -0.15) is 0 Å². The van der Waals surface area contributed by atoms with Crippen molar-refractivity contribution >= 4 is 23.6 Å². The lowest BCUT2D eigenvalue weighted by molar-refractivity contribution is -0.117. The van der Waals surface area contributed by atoms with E-state index in [1.807, 2.05) is 6.07 Å². The summed E-state index contributed by atoms with van der Waals surface area (Å²) < 4.78 is 10.5. The summed E-state index contributed by atoms with van der Waals surface area (Å²) in [6, 6.07) is 14.1. The molecule has 0 saturated carbocycles. The lowest BCUT2D eigenvalue weighted by Gasteiger charge is -2.13. The van der Waals surface area contributed by atoms with Gasteiger partial charge >= 0.3 is 0 Å². The zero-order chi connectivity index (χ0) is 17.1. The predicted octanol–water partition coefficient (Wildman–Crippen LogP) is 2.17. The maximum atomic E-state index is 12.6. The first-order valence-corrected chi connectivity index (χ1v) is 7.28. The maximum absolute atomic E-state index is 12.6. The largest absolute Gasteiger partial charge is 0.497 e. The van der Waals surface area contributed by atoms with Crippen molar-refractivity contribution in [1.82, 2.24) is 5.43 Å². The first kappa shape index (κ1) is 15.6. The Bertz CT molecular complexity index is 815. The van der Waals surface area contributed by atoms with Crippen LogP contribution in [0.3, 0.4) is 0 Å². The van der Waals surface area contributed by atoms with Crippen LogP contribution in [0.4, 0.5) is 5.69 Å². The maximum Gasteiger partial charge on any atom is 0.282 e. The van der Waals surface area contributed by atoms with Crippen molar-refractivity contribution in [2.75, 3.05) is 19.2 Å². The van der Waals surface area contributed by atoms with Gasteiger partial charge in [-0.15, -0.1) is 0 Å². The van der Waals surface area contributed by atoms with Crippen molar-refractivity contribution in [3.63, 3.8) is 0 Å². The summed E-state index contributed by atoms with van der Waals surface area (Å²) in [5.74, 6) is 0.264. The molecule has 0 unspecified atom stereocenters. The first-order valence-electron chi connectivity index (χ1n) is 7.28. The number of methoxy groups -OCH3 is 2. The molecule has 6 nitrogen and oxygen atoms in total. The highest BCUT2D eigenvalue weighted by Crippen LogP contribution is 2.28. The summed E-state index contributed by atoms with van der Waals surface area (Å²) in [5, 5.41) is 1.22. The molecule has 1 aliphatic rings. The average molecular weight is 324 g/mol. The van der Waals surface area contributed by atoms with Crippen LogP contribution in [0.1, 0.15) is 5.56 Å². The molecule has 1 heterocycles. The molecule has 122 valence electrons. The number of hydrazine groups is 1. The predicted molar refractivity (Wildman–Crippen MR) is 89.6 cm³/mol. The molecule has 2 aromatic carbocycles. The van der Waals surface area contributed by atoms with Gasteiger partial charge in [-0.05, 0) is 36.4 Å². The van der Waals surface area contributed by atoms with Gasteiger partial charge in [0.15, 0.2) is 0 Å². The molecule has 0 bridgehead atoms. The van der Waals surface area contributed by atoms with Crippen molar-refractivity contribution in [3.05, 3.63) is 59.7 Å². The molecule has 6 heteroatoms. The van der Waals surface area contributed by atoms with Gasteiger partial charge in [-0.1, -0.05) is 18.2 Å². The molecule has 0 aromatic heterocycles. The lowest BCUT2D eigenvalue weighted by Crippen LogP contribution is -2.35. The Morgan fingerprint density at radius 1 is 1.00 bits per heavy atom. The zero-order valence-electron chi connectivity index (χ0n) is 13.3. The van der Waals surface area contributed by atoms with Gasteiger partial charge < -0.3 is 9.47 Å². The van der Waals surface area contributed by atoms with Crippen molar-refractivity contribution in [3.8, 4) is 11.5 Å². The summed E-state index contributed by atoms with van der Waals surface area (Å²) in [6.07, 6.45) is 1.50. The van der Waals surface area contributed by atoms with E-state index in [4.69, 9.17) is 9.47 Å². The Kier molecular flexibility index (Phi) is 4.20. The summed E-state index contributed by atoms with van der Waals surface area (Å²) >= 11 is 0. The van der Waals surface area contributed by atoms with Crippen LogP contribution in [0.25, 0.3) is 6.08 Å². The number of carbonyl (C=O) groups excluding carboxylic acids is 2. The number of ether oxygens (including phenoxy) is 2. The van der Waals surface area contributed by atoms with E-state index in [0.717, 1.165) is 0 Å². The molecule has 0 radical (unpaired) electrons. The number of hydrogen-bond donors (Lipinski definition) is 1. The van der Waals surface area contributed by atoms with Gasteiger partial charge in [0.2, 0.25) is 0 Å². The Morgan fingerprint density at radius 2 is 1.75 bits per heavy atom. The van der Waals surface area contributed by atoms with Crippen molar-refractivity contribution in [2.45, 2.75) is 0 Å². The minimum absolute atomic E-state index is 0.0328. The van der Waals surface area contributed by atoms with Gasteiger partial charge in [0.25, 0.3) is 11.8 Å². The van der Waals surface area contributed by atoms with Crippen LogP contribution in [0, 0.1) is 0 Å². The quantitative estimate of drug-likeness (QED) is 0.691. The number of rotatable bonds is 4. The van der Waals surface area contributed by atoms with Gasteiger partial charge in [0.1, 0.15) is 17.1 Å². The highest BCUT2D eigenvalue weighted by Gasteiger charge is 2.34. The number of para-hydroxylation sites is 1. The monoisotopic (exact) mass is 324 g/mol. The fraction of sp³-hybridized carbons (Fsp3) is 0.111. The molecule has 0 spiro atoms. The van der Waals surface area contributed by atoms with Gasteiger partial charge in [-0.3, -0.25) is 15.0 Å². The summed E-state index contributed by atoms with van der Waals surface area (Å²) in [6.45, 7) is 0. The van der Waals surface area contributed by atoms with E-state index in [0.29, 0.717) is 22.7 Å². The topological polar surface area (TPSA) is 67.9 Å². The number of anilines is 1. The fourth-order valence-corrected chi connectivity index (χ4v) is 2.42. The van der Waals surface area contributed by atoms with Crippen LogP contribution in [0.2, 0.25) is 0 Å². The van der Waals surface area contributed by atoms with Crippen LogP contribution in [-0.4, -0.2) is 26.0 Å². The van der Waals surface area contributed by atoms with Gasteiger partial charge in [0.05, 0.1) is 19.9 Å². The van der Waals surface area contributed by atoms with E-state index < -0.39 is 11.8 Å². The van der Waals surface area contributed by atoms with E-state index in [9.17, 15) is 9.59 Å². The van der Waals surface area contributed by atoms with Crippen molar-refractivity contribution in [2.24, 2.45) is 0 Å². The minimum atomic E-state index is -0.464. The van der Waals surface area contributed by atoms with Crippen LogP contribution >= 0.6 is 0 Å². The number of amides is 2. The number of nitrogens with one attached hydrogen (secondary N) is 1. The standard InChI is InChI=1S/C18H16N2O4/c1-23-14-8-9-16(24-2)12(10-14)11-15-17(21)19-20(18(15)22)13-6-4-3-5-7-13/h3-11H,1-2H3,(H,19,21)/b15-11-. The molecule has 0 atom stereocenters. The summed E-state index contributed by atoms with van der Waals surface area (Å²) in [4.78, 5) is 24.8. The van der Waals surface area contributed by atoms with E-state index in [-0.39, 0.29) is 5.57 Å². The SMILES string of the molecule is COc1ccc(OC)c(/C=C2/C(=O)NN(c3ccccc3)C2=O)c1. The third-order valence-corrected chi connectivity index (χ3v) is 3.64. The number of carbonyl (C=O) groups is 2. The van der Waals surface area contributed by atoms with Gasteiger partial charge in [0, 0.05) is 5.56 Å². The number of nitrogens with zero attached hydrogens (tertiary/aromatic N) is 1. The van der Waals surface area contributed by atoms with E-state index in [1.165, 1.54) is 18.2 Å². The molecule has 2 amide bonds. The van der Waals surface area contributed by atoms with Crippen molar-refractivity contribution in [1.29, 1.82) is 0 Å². The van der Waals surface area contributed by atoms with E-state index >= 15 is 0 Å². The molecule has 2 aromatic rings. The number of hydrogen-bond acceptors (Lipinski definition) is 4. The first-order chi connectivity index (χ1) is 11.6. The lowest BCUT2D eigenvalue weighted by atomic mass is 10.1. The molecule has 1 aliphatic heterocycles. The second-order valence-electron chi connectivity index (χ2n) is 5.08. The molecule has 24 heavy (non-hydrogen) atoms. The Balaban J connectivity index is 1.99.